The summed E-state index contributed by atoms with van der Waals surface area (Å²) in [6.45, 7) is 0.702. The monoisotopic (exact) mass is 241 g/mol. The first-order chi connectivity index (χ1) is 7.68. The number of rotatable bonds is 2. The second-order valence-corrected chi connectivity index (χ2v) is 4.14. The van der Waals surface area contributed by atoms with E-state index < -0.39 is 12.0 Å². The van der Waals surface area contributed by atoms with Gasteiger partial charge in [-0.2, -0.15) is 0 Å². The molecule has 1 atom stereocenters. The SMILES string of the molecule is O=C(O)C1CCCCN1c1ccc(Cl)nn1. The number of carbonyl (C=O) groups is 1. The van der Waals surface area contributed by atoms with Crippen molar-refractivity contribution in [1.29, 1.82) is 0 Å². The average Bonchev–Trinajstić information content (AvgIpc) is 2.30. The van der Waals surface area contributed by atoms with Crippen LogP contribution < -0.4 is 4.90 Å². The number of carboxylic acids is 1. The Morgan fingerprint density at radius 2 is 2.25 bits per heavy atom. The summed E-state index contributed by atoms with van der Waals surface area (Å²) in [6, 6.07) is 2.83. The third kappa shape index (κ3) is 2.24. The maximum absolute atomic E-state index is 11.1. The van der Waals surface area contributed by atoms with Gasteiger partial charge in [-0.15, -0.1) is 10.2 Å². The van der Waals surface area contributed by atoms with E-state index in [9.17, 15) is 4.79 Å². The van der Waals surface area contributed by atoms with Gasteiger partial charge in [-0.25, -0.2) is 4.79 Å². The van der Waals surface area contributed by atoms with Crippen molar-refractivity contribution in [3.63, 3.8) is 0 Å². The smallest absolute Gasteiger partial charge is 0.326 e. The van der Waals surface area contributed by atoms with Gasteiger partial charge in [-0.05, 0) is 31.4 Å². The summed E-state index contributed by atoms with van der Waals surface area (Å²) in [5, 5.41) is 17.1. The fourth-order valence-electron chi connectivity index (χ4n) is 1.92. The van der Waals surface area contributed by atoms with Crippen LogP contribution in [0.2, 0.25) is 5.15 Å². The fourth-order valence-corrected chi connectivity index (χ4v) is 2.03. The summed E-state index contributed by atoms with van der Waals surface area (Å²) in [5.74, 6) is -0.229. The highest BCUT2D eigenvalue weighted by Gasteiger charge is 2.29. The maximum Gasteiger partial charge on any atom is 0.326 e. The molecule has 1 aromatic heterocycles. The molecule has 6 heteroatoms. The lowest BCUT2D eigenvalue weighted by Gasteiger charge is -2.33. The van der Waals surface area contributed by atoms with Crippen LogP contribution in [-0.4, -0.2) is 33.9 Å². The molecule has 1 fully saturated rings. The Morgan fingerprint density at radius 3 is 2.88 bits per heavy atom. The zero-order valence-corrected chi connectivity index (χ0v) is 9.39. The fraction of sp³-hybridized carbons (Fsp3) is 0.500. The summed E-state index contributed by atoms with van der Waals surface area (Å²) < 4.78 is 0. The topological polar surface area (TPSA) is 66.3 Å². The molecule has 1 aliphatic heterocycles. The minimum atomic E-state index is -0.809. The van der Waals surface area contributed by atoms with Gasteiger partial charge in [0.25, 0.3) is 0 Å². The standard InChI is InChI=1S/C10H12ClN3O2/c11-8-4-5-9(13-12-8)14-6-2-1-3-7(14)10(15)16/h4-5,7H,1-3,6H2,(H,15,16). The molecule has 2 heterocycles. The summed E-state index contributed by atoms with van der Waals surface area (Å²) in [4.78, 5) is 12.9. The lowest BCUT2D eigenvalue weighted by Crippen LogP contribution is -2.45. The van der Waals surface area contributed by atoms with Gasteiger partial charge < -0.3 is 10.0 Å². The lowest BCUT2D eigenvalue weighted by atomic mass is 10.0. The molecule has 2 rings (SSSR count). The Labute approximate surface area is 98.0 Å². The molecule has 0 bridgehead atoms. The lowest BCUT2D eigenvalue weighted by molar-refractivity contribution is -0.139. The van der Waals surface area contributed by atoms with E-state index in [1.807, 2.05) is 0 Å². The summed E-state index contributed by atoms with van der Waals surface area (Å²) in [7, 11) is 0. The number of nitrogens with zero attached hydrogens (tertiary/aromatic N) is 3. The molecule has 1 aromatic rings. The summed E-state index contributed by atoms with van der Waals surface area (Å²) in [6.07, 6.45) is 2.57. The highest BCUT2D eigenvalue weighted by Crippen LogP contribution is 2.23. The van der Waals surface area contributed by atoms with E-state index in [0.29, 0.717) is 23.9 Å². The van der Waals surface area contributed by atoms with Gasteiger partial charge >= 0.3 is 5.97 Å². The zero-order valence-electron chi connectivity index (χ0n) is 8.64. The molecule has 0 spiro atoms. The van der Waals surface area contributed by atoms with Crippen molar-refractivity contribution in [2.24, 2.45) is 0 Å². The molecule has 86 valence electrons. The first kappa shape index (κ1) is 11.1. The van der Waals surface area contributed by atoms with Crippen LogP contribution in [0.1, 0.15) is 19.3 Å². The quantitative estimate of drug-likeness (QED) is 0.852. The van der Waals surface area contributed by atoms with Gasteiger partial charge in [-0.1, -0.05) is 11.6 Å². The Balaban J connectivity index is 2.23. The van der Waals surface area contributed by atoms with Gasteiger partial charge in [0.1, 0.15) is 6.04 Å². The number of carboxylic acid groups (broad SMARTS) is 1. The molecule has 1 N–H and O–H groups in total. The van der Waals surface area contributed by atoms with Crippen LogP contribution in [0.25, 0.3) is 0 Å². The molecular weight excluding hydrogens is 230 g/mol. The molecule has 0 aliphatic carbocycles. The third-order valence-electron chi connectivity index (χ3n) is 2.70. The van der Waals surface area contributed by atoms with Crippen molar-refractivity contribution in [3.05, 3.63) is 17.3 Å². The molecule has 0 saturated carbocycles. The number of anilines is 1. The van der Waals surface area contributed by atoms with Crippen LogP contribution in [0, 0.1) is 0 Å². The number of aromatic nitrogens is 2. The minimum Gasteiger partial charge on any atom is -0.480 e. The van der Waals surface area contributed by atoms with E-state index in [0.717, 1.165) is 12.8 Å². The van der Waals surface area contributed by atoms with E-state index in [2.05, 4.69) is 10.2 Å². The van der Waals surface area contributed by atoms with Crippen molar-refractivity contribution in [1.82, 2.24) is 10.2 Å². The average molecular weight is 242 g/mol. The van der Waals surface area contributed by atoms with Gasteiger partial charge in [0, 0.05) is 6.54 Å². The molecule has 0 radical (unpaired) electrons. The van der Waals surface area contributed by atoms with E-state index >= 15 is 0 Å². The largest absolute Gasteiger partial charge is 0.480 e. The molecule has 5 nitrogen and oxygen atoms in total. The number of hydrogen-bond donors (Lipinski definition) is 1. The minimum absolute atomic E-state index is 0.313. The van der Waals surface area contributed by atoms with Crippen LogP contribution in [0.15, 0.2) is 12.1 Å². The van der Waals surface area contributed by atoms with Crippen LogP contribution >= 0.6 is 11.6 Å². The molecule has 0 amide bonds. The Morgan fingerprint density at radius 1 is 1.44 bits per heavy atom. The van der Waals surface area contributed by atoms with E-state index in [4.69, 9.17) is 16.7 Å². The van der Waals surface area contributed by atoms with E-state index in [-0.39, 0.29) is 0 Å². The first-order valence-corrected chi connectivity index (χ1v) is 5.55. The molecule has 1 unspecified atom stereocenters. The zero-order chi connectivity index (χ0) is 11.5. The predicted octanol–water partition coefficient (Wildman–Crippen LogP) is 1.57. The van der Waals surface area contributed by atoms with Crippen LogP contribution in [0.4, 0.5) is 5.82 Å². The van der Waals surface area contributed by atoms with Gasteiger partial charge in [0.15, 0.2) is 11.0 Å². The van der Waals surface area contributed by atoms with Gasteiger partial charge in [0.2, 0.25) is 0 Å². The summed E-state index contributed by atoms with van der Waals surface area (Å²) >= 11 is 5.64. The Hall–Kier alpha value is -1.36. The molecular formula is C10H12ClN3O2. The second-order valence-electron chi connectivity index (χ2n) is 3.76. The normalized spacial score (nSPS) is 20.8. The number of hydrogen-bond acceptors (Lipinski definition) is 4. The summed E-state index contributed by atoms with van der Waals surface area (Å²) in [5.41, 5.74) is 0. The number of piperidine rings is 1. The predicted molar refractivity (Wildman–Crippen MR) is 59.7 cm³/mol. The van der Waals surface area contributed by atoms with Gasteiger partial charge in [-0.3, -0.25) is 0 Å². The van der Waals surface area contributed by atoms with Crippen molar-refractivity contribution >= 4 is 23.4 Å². The molecule has 1 aliphatic rings. The maximum atomic E-state index is 11.1. The molecule has 0 aromatic carbocycles. The van der Waals surface area contributed by atoms with Crippen LogP contribution in [-0.2, 0) is 4.79 Å². The number of aliphatic carboxylic acids is 1. The van der Waals surface area contributed by atoms with Crippen molar-refractivity contribution < 1.29 is 9.90 Å². The first-order valence-electron chi connectivity index (χ1n) is 5.17. The number of halogens is 1. The second kappa shape index (κ2) is 4.65. The highest BCUT2D eigenvalue weighted by atomic mass is 35.5. The Bertz CT molecular complexity index is 382. The Kier molecular flexibility index (Phi) is 3.24. The molecule has 16 heavy (non-hydrogen) atoms. The van der Waals surface area contributed by atoms with Crippen molar-refractivity contribution in [2.75, 3.05) is 11.4 Å². The van der Waals surface area contributed by atoms with Crippen molar-refractivity contribution in [3.8, 4) is 0 Å². The van der Waals surface area contributed by atoms with Crippen molar-refractivity contribution in [2.45, 2.75) is 25.3 Å². The van der Waals surface area contributed by atoms with E-state index in [1.165, 1.54) is 0 Å². The van der Waals surface area contributed by atoms with Crippen LogP contribution in [0.3, 0.4) is 0 Å². The third-order valence-corrected chi connectivity index (χ3v) is 2.90. The van der Waals surface area contributed by atoms with E-state index in [1.54, 1.807) is 17.0 Å². The molecule has 1 saturated heterocycles. The highest BCUT2D eigenvalue weighted by molar-refractivity contribution is 6.29. The van der Waals surface area contributed by atoms with Gasteiger partial charge in [0.05, 0.1) is 0 Å². The van der Waals surface area contributed by atoms with Crippen LogP contribution in [0.5, 0.6) is 0 Å².